The smallest absolute Gasteiger partial charge is 0.303 e. The Hall–Kier alpha value is -2.32. The molecule has 0 amide bonds. The lowest BCUT2D eigenvalue weighted by Gasteiger charge is -2.63. The molecule has 0 aromatic carbocycles. The Morgan fingerprint density at radius 3 is 2.02 bits per heavy atom. The summed E-state index contributed by atoms with van der Waals surface area (Å²) in [7, 11) is 0. The van der Waals surface area contributed by atoms with Crippen LogP contribution in [0.5, 0.6) is 0 Å². The van der Waals surface area contributed by atoms with Gasteiger partial charge in [0.05, 0.1) is 31.5 Å². The van der Waals surface area contributed by atoms with Gasteiger partial charge in [0, 0.05) is 46.0 Å². The molecular formula is C40H60O13. The van der Waals surface area contributed by atoms with Gasteiger partial charge in [-0.15, -0.1) is 0 Å². The van der Waals surface area contributed by atoms with Gasteiger partial charge in [0.2, 0.25) is 0 Å². The normalized spacial score (nSPS) is 50.2. The Morgan fingerprint density at radius 2 is 1.38 bits per heavy atom. The van der Waals surface area contributed by atoms with E-state index in [1.807, 2.05) is 0 Å². The molecule has 0 bridgehead atoms. The zero-order valence-electron chi connectivity index (χ0n) is 32.6. The maximum Gasteiger partial charge on any atom is 0.303 e. The van der Waals surface area contributed by atoms with Crippen LogP contribution in [0, 0.1) is 52.3 Å². The Balaban J connectivity index is 1.11. The van der Waals surface area contributed by atoms with Gasteiger partial charge in [0.1, 0.15) is 6.10 Å². The Bertz CT molecular complexity index is 1430. The molecule has 3 saturated heterocycles. The van der Waals surface area contributed by atoms with Crippen molar-refractivity contribution in [2.75, 3.05) is 13.2 Å². The summed E-state index contributed by atoms with van der Waals surface area (Å²) in [5, 5.41) is 11.9. The van der Waals surface area contributed by atoms with Gasteiger partial charge >= 0.3 is 23.9 Å². The van der Waals surface area contributed by atoms with Crippen LogP contribution in [0.25, 0.3) is 0 Å². The molecule has 0 radical (unpaired) electrons. The Kier molecular flexibility index (Phi) is 10.5. The number of esters is 4. The van der Waals surface area contributed by atoms with E-state index in [1.54, 1.807) is 0 Å². The summed E-state index contributed by atoms with van der Waals surface area (Å²) in [5.74, 6) is -0.794. The molecule has 1 N–H and O–H groups in total. The lowest BCUT2D eigenvalue weighted by atomic mass is 9.43. The molecule has 7 aliphatic rings. The van der Waals surface area contributed by atoms with E-state index in [0.717, 1.165) is 45.1 Å². The number of ether oxygens (including phenoxy) is 8. The number of aliphatic hydroxyl groups is 1. The quantitative estimate of drug-likeness (QED) is 0.230. The number of rotatable bonds is 6. The van der Waals surface area contributed by atoms with Crippen molar-refractivity contribution in [3.05, 3.63) is 0 Å². The number of hydrogen-bond acceptors (Lipinski definition) is 13. The minimum absolute atomic E-state index is 0.0475. The molecule has 13 heteroatoms. The van der Waals surface area contributed by atoms with Crippen molar-refractivity contribution in [3.63, 3.8) is 0 Å². The summed E-state index contributed by atoms with van der Waals surface area (Å²) in [6.45, 7) is 14.9. The SMILES string of the molecule is CC(=O)OC1COC(OC2CC3CCC4C5CC6OC7(CCC(C)CO7)C(C)C6C5(C)CC(OC(C)=O)C4C3(C)CC2O)C(OC(C)=O)C1OC(C)=O. The molecule has 7 rings (SSSR count). The fraction of sp³-hybridized carbons (Fsp3) is 0.900. The van der Waals surface area contributed by atoms with E-state index in [-0.39, 0.29) is 53.4 Å². The standard InChI is InChI=1S/C40H60O13/c1-19-11-12-40(47-17-19)20(2)33-30(53-40)14-27-26-10-9-25-13-29(28(45)15-38(25,7)34(26)31(48-21(3)41)16-39(27,33)8)52-37-36(51-24(6)44)35(50-23(5)43)32(18-46-37)49-22(4)42/h19-20,25-37,45H,9-18H2,1-8H3. The molecule has 298 valence electrons. The maximum absolute atomic E-state index is 12.8. The maximum atomic E-state index is 12.8. The van der Waals surface area contributed by atoms with E-state index >= 15 is 0 Å². The third-order valence-corrected chi connectivity index (χ3v) is 14.8. The minimum Gasteiger partial charge on any atom is -0.462 e. The predicted octanol–water partition coefficient (Wildman–Crippen LogP) is 4.48. The number of hydrogen-bond donors (Lipinski definition) is 1. The second kappa shape index (κ2) is 14.3. The van der Waals surface area contributed by atoms with Crippen molar-refractivity contribution in [2.45, 2.75) is 162 Å². The van der Waals surface area contributed by atoms with Crippen LogP contribution in [0.15, 0.2) is 0 Å². The van der Waals surface area contributed by atoms with E-state index in [4.69, 9.17) is 37.9 Å². The first-order chi connectivity index (χ1) is 25.0. The fourth-order valence-corrected chi connectivity index (χ4v) is 12.8. The number of carbonyl (C=O) groups excluding carboxylic acids is 4. The van der Waals surface area contributed by atoms with Crippen LogP contribution in [0.3, 0.4) is 0 Å². The highest BCUT2D eigenvalue weighted by Crippen LogP contribution is 2.72. The van der Waals surface area contributed by atoms with Gasteiger partial charge in [-0.1, -0.05) is 27.7 Å². The van der Waals surface area contributed by atoms with Gasteiger partial charge in [-0.3, -0.25) is 19.2 Å². The summed E-state index contributed by atoms with van der Waals surface area (Å²) >= 11 is 0. The summed E-state index contributed by atoms with van der Waals surface area (Å²) in [5.41, 5.74) is -0.434. The lowest BCUT2D eigenvalue weighted by molar-refractivity contribution is -0.307. The third kappa shape index (κ3) is 6.82. The average molecular weight is 749 g/mol. The number of carbonyl (C=O) groups is 4. The Labute approximate surface area is 312 Å². The third-order valence-electron chi connectivity index (χ3n) is 14.8. The highest BCUT2D eigenvalue weighted by molar-refractivity contribution is 5.68. The van der Waals surface area contributed by atoms with Crippen molar-refractivity contribution >= 4 is 23.9 Å². The van der Waals surface area contributed by atoms with Crippen LogP contribution in [-0.4, -0.2) is 97.0 Å². The molecule has 0 aromatic rings. The number of fused-ring (bicyclic) bond motifs is 7. The highest BCUT2D eigenvalue weighted by Gasteiger charge is 2.71. The first-order valence-electron chi connectivity index (χ1n) is 19.9. The zero-order valence-corrected chi connectivity index (χ0v) is 32.6. The molecule has 13 nitrogen and oxygen atoms in total. The predicted molar refractivity (Wildman–Crippen MR) is 185 cm³/mol. The molecule has 1 spiro atoms. The molecule has 7 fully saturated rings. The average Bonchev–Trinajstić information content (AvgIpc) is 3.49. The molecule has 4 saturated carbocycles. The highest BCUT2D eigenvalue weighted by atomic mass is 16.7. The van der Waals surface area contributed by atoms with E-state index < -0.39 is 60.5 Å². The summed E-state index contributed by atoms with van der Waals surface area (Å²) in [6, 6.07) is 0. The first-order valence-corrected chi connectivity index (χ1v) is 19.9. The molecule has 18 atom stereocenters. The second-order valence-electron chi connectivity index (χ2n) is 18.1. The lowest BCUT2D eigenvalue weighted by Crippen LogP contribution is -2.63. The van der Waals surface area contributed by atoms with Gasteiger partial charge in [0.25, 0.3) is 0 Å². The molecule has 53 heavy (non-hydrogen) atoms. The van der Waals surface area contributed by atoms with Gasteiger partial charge in [0.15, 0.2) is 30.4 Å². The van der Waals surface area contributed by atoms with Crippen molar-refractivity contribution in [2.24, 2.45) is 52.3 Å². The van der Waals surface area contributed by atoms with Crippen LogP contribution >= 0.6 is 0 Å². The summed E-state index contributed by atoms with van der Waals surface area (Å²) in [6.07, 6.45) is 0.161. The molecule has 4 aliphatic carbocycles. The van der Waals surface area contributed by atoms with E-state index in [2.05, 4.69) is 27.7 Å². The molecule has 3 heterocycles. The Morgan fingerprint density at radius 1 is 0.717 bits per heavy atom. The van der Waals surface area contributed by atoms with Gasteiger partial charge in [-0.25, -0.2) is 0 Å². The van der Waals surface area contributed by atoms with Crippen molar-refractivity contribution < 1.29 is 62.2 Å². The zero-order chi connectivity index (χ0) is 38.2. The molecule has 0 aromatic heterocycles. The minimum atomic E-state index is -1.23. The largest absolute Gasteiger partial charge is 0.462 e. The van der Waals surface area contributed by atoms with Crippen LogP contribution in [0.1, 0.15) is 107 Å². The van der Waals surface area contributed by atoms with Gasteiger partial charge < -0.3 is 43.0 Å². The van der Waals surface area contributed by atoms with Crippen molar-refractivity contribution in [1.82, 2.24) is 0 Å². The first kappa shape index (κ1) is 38.9. The van der Waals surface area contributed by atoms with Crippen molar-refractivity contribution in [3.8, 4) is 0 Å². The topological polar surface area (TPSA) is 162 Å². The van der Waals surface area contributed by atoms with Gasteiger partial charge in [-0.2, -0.15) is 0 Å². The molecular weight excluding hydrogens is 688 g/mol. The van der Waals surface area contributed by atoms with E-state index in [9.17, 15) is 24.3 Å². The van der Waals surface area contributed by atoms with Crippen LogP contribution in [0.2, 0.25) is 0 Å². The van der Waals surface area contributed by atoms with E-state index in [0.29, 0.717) is 36.5 Å². The summed E-state index contributed by atoms with van der Waals surface area (Å²) < 4.78 is 48.7. The van der Waals surface area contributed by atoms with E-state index in [1.165, 1.54) is 27.7 Å². The summed E-state index contributed by atoms with van der Waals surface area (Å²) in [4.78, 5) is 49.0. The van der Waals surface area contributed by atoms with Crippen LogP contribution in [-0.2, 0) is 57.1 Å². The van der Waals surface area contributed by atoms with Crippen LogP contribution < -0.4 is 0 Å². The molecule has 3 aliphatic heterocycles. The van der Waals surface area contributed by atoms with Gasteiger partial charge in [-0.05, 0) is 85.4 Å². The van der Waals surface area contributed by atoms with Crippen molar-refractivity contribution in [1.29, 1.82) is 0 Å². The molecule has 18 unspecified atom stereocenters. The number of aliphatic hydroxyl groups excluding tert-OH is 1. The van der Waals surface area contributed by atoms with Crippen LogP contribution in [0.4, 0.5) is 0 Å². The fourth-order valence-electron chi connectivity index (χ4n) is 12.8. The monoisotopic (exact) mass is 748 g/mol. The second-order valence-corrected chi connectivity index (χ2v) is 18.1.